The van der Waals surface area contributed by atoms with Gasteiger partial charge in [-0.05, 0) is 48.2 Å². The molecule has 3 aromatic carbocycles. The number of nitrogens with one attached hydrogen (secondary N) is 2. The molecule has 5 rings (SSSR count). The molecular formula is C30H27ClFN3O5. The lowest BCUT2D eigenvalue weighted by molar-refractivity contribution is -0.138. The number of rotatable bonds is 8. The molecule has 1 fully saturated rings. The molecule has 1 aliphatic rings. The van der Waals surface area contributed by atoms with Crippen molar-refractivity contribution in [3.8, 4) is 0 Å². The summed E-state index contributed by atoms with van der Waals surface area (Å²) in [6.07, 6.45) is 2.04. The largest absolute Gasteiger partial charge is 0.464 e. The van der Waals surface area contributed by atoms with E-state index in [4.69, 9.17) is 20.8 Å². The van der Waals surface area contributed by atoms with Crippen molar-refractivity contribution in [1.82, 2.24) is 10.2 Å². The third-order valence-corrected chi connectivity index (χ3v) is 7.09. The van der Waals surface area contributed by atoms with E-state index in [1.807, 2.05) is 30.3 Å². The van der Waals surface area contributed by atoms with Gasteiger partial charge in [-0.1, -0.05) is 54.1 Å². The van der Waals surface area contributed by atoms with Crippen LogP contribution in [0.3, 0.4) is 0 Å². The maximum atomic E-state index is 14.2. The summed E-state index contributed by atoms with van der Waals surface area (Å²) in [6, 6.07) is 18.4. The number of carbonyl (C=O) groups excluding carboxylic acids is 3. The van der Waals surface area contributed by atoms with Crippen molar-refractivity contribution < 1.29 is 27.9 Å². The SMILES string of the molecule is O=C(Nc1cc(CC(=O)N2CCC[C@H]2C(=O)NCc2cccc(Cl)c2F)cc2occc12)OCc1ccccc1. The predicted octanol–water partition coefficient (Wildman–Crippen LogP) is 5.82. The van der Waals surface area contributed by atoms with Gasteiger partial charge in [-0.25, -0.2) is 9.18 Å². The minimum absolute atomic E-state index is 0.00289. The third-order valence-electron chi connectivity index (χ3n) is 6.80. The molecule has 0 aliphatic carbocycles. The normalized spacial score (nSPS) is 14.8. The number of carbonyl (C=O) groups is 3. The Kier molecular flexibility index (Phi) is 8.31. The fourth-order valence-electron chi connectivity index (χ4n) is 4.80. The van der Waals surface area contributed by atoms with Crippen molar-refractivity contribution in [2.75, 3.05) is 11.9 Å². The summed E-state index contributed by atoms with van der Waals surface area (Å²) < 4.78 is 25.1. The Balaban J connectivity index is 1.23. The van der Waals surface area contributed by atoms with E-state index in [-0.39, 0.29) is 42.0 Å². The molecule has 4 aromatic rings. The summed E-state index contributed by atoms with van der Waals surface area (Å²) in [7, 11) is 0. The van der Waals surface area contributed by atoms with Crippen LogP contribution in [0.4, 0.5) is 14.9 Å². The lowest BCUT2D eigenvalue weighted by Crippen LogP contribution is -2.46. The molecule has 3 amide bonds. The van der Waals surface area contributed by atoms with Crippen LogP contribution in [-0.2, 0) is 33.9 Å². The van der Waals surface area contributed by atoms with Crippen molar-refractivity contribution in [1.29, 1.82) is 0 Å². The van der Waals surface area contributed by atoms with Crippen LogP contribution in [0, 0.1) is 5.82 Å². The van der Waals surface area contributed by atoms with Gasteiger partial charge in [0.25, 0.3) is 0 Å². The molecule has 0 radical (unpaired) electrons. The molecule has 40 heavy (non-hydrogen) atoms. The first-order chi connectivity index (χ1) is 19.4. The number of nitrogens with zero attached hydrogens (tertiary/aromatic N) is 1. The van der Waals surface area contributed by atoms with Crippen molar-refractivity contribution in [2.45, 2.75) is 38.5 Å². The highest BCUT2D eigenvalue weighted by Crippen LogP contribution is 2.28. The van der Waals surface area contributed by atoms with Crippen molar-refractivity contribution in [3.63, 3.8) is 0 Å². The van der Waals surface area contributed by atoms with E-state index in [9.17, 15) is 18.8 Å². The fraction of sp³-hybridized carbons (Fsp3) is 0.233. The summed E-state index contributed by atoms with van der Waals surface area (Å²) in [5, 5.41) is 6.12. The summed E-state index contributed by atoms with van der Waals surface area (Å²) in [6.45, 7) is 0.512. The number of furan rings is 1. The molecule has 1 atom stereocenters. The molecule has 10 heteroatoms. The van der Waals surface area contributed by atoms with Crippen molar-refractivity contribution >= 4 is 46.2 Å². The number of likely N-dealkylation sites (tertiary alicyclic amines) is 1. The maximum Gasteiger partial charge on any atom is 0.411 e. The van der Waals surface area contributed by atoms with E-state index in [1.165, 1.54) is 17.2 Å². The van der Waals surface area contributed by atoms with Gasteiger partial charge in [0.15, 0.2) is 0 Å². The standard InChI is InChI=1S/C30H27ClFN3O5/c31-23-9-4-8-21(28(23)32)17-33-29(37)25-10-5-12-35(25)27(36)16-20-14-24(22-11-13-39-26(22)15-20)34-30(38)40-18-19-6-2-1-3-7-19/h1-4,6-9,11,13-15,25H,5,10,12,16-18H2,(H,33,37)(H,34,38)/t25-/m0/s1. The molecule has 2 N–H and O–H groups in total. The van der Waals surface area contributed by atoms with E-state index < -0.39 is 18.0 Å². The Morgan fingerprint density at radius 3 is 2.70 bits per heavy atom. The Labute approximate surface area is 235 Å². The van der Waals surface area contributed by atoms with Crippen LogP contribution in [-0.4, -0.2) is 35.4 Å². The molecule has 1 saturated heterocycles. The first-order valence-electron chi connectivity index (χ1n) is 12.9. The molecule has 1 aliphatic heterocycles. The van der Waals surface area contributed by atoms with Gasteiger partial charge in [0.05, 0.1) is 23.4 Å². The second-order valence-corrected chi connectivity index (χ2v) is 9.92. The van der Waals surface area contributed by atoms with Crippen LogP contribution in [0.2, 0.25) is 5.02 Å². The second-order valence-electron chi connectivity index (χ2n) is 9.52. The van der Waals surface area contributed by atoms with E-state index in [2.05, 4.69) is 10.6 Å². The zero-order valence-corrected chi connectivity index (χ0v) is 22.2. The van der Waals surface area contributed by atoms with Gasteiger partial charge in [0.1, 0.15) is 24.0 Å². The summed E-state index contributed by atoms with van der Waals surface area (Å²) in [5.41, 5.74) is 2.69. The number of anilines is 1. The average Bonchev–Trinajstić information content (AvgIpc) is 3.64. The van der Waals surface area contributed by atoms with Gasteiger partial charge in [0.2, 0.25) is 11.8 Å². The Bertz CT molecular complexity index is 1540. The van der Waals surface area contributed by atoms with Gasteiger partial charge in [-0.3, -0.25) is 14.9 Å². The minimum Gasteiger partial charge on any atom is -0.464 e. The van der Waals surface area contributed by atoms with Crippen molar-refractivity contribution in [3.05, 3.63) is 101 Å². The molecule has 8 nitrogen and oxygen atoms in total. The Hall–Kier alpha value is -4.37. The second kappa shape index (κ2) is 12.2. The summed E-state index contributed by atoms with van der Waals surface area (Å²) in [5.74, 6) is -1.17. The lowest BCUT2D eigenvalue weighted by Gasteiger charge is -2.24. The maximum absolute atomic E-state index is 14.2. The number of halogens is 2. The predicted molar refractivity (Wildman–Crippen MR) is 148 cm³/mol. The summed E-state index contributed by atoms with van der Waals surface area (Å²) in [4.78, 5) is 40.3. The monoisotopic (exact) mass is 563 g/mol. The zero-order chi connectivity index (χ0) is 28.1. The van der Waals surface area contributed by atoms with Gasteiger partial charge in [-0.2, -0.15) is 0 Å². The van der Waals surface area contributed by atoms with Gasteiger partial charge < -0.3 is 19.4 Å². The van der Waals surface area contributed by atoms with E-state index in [0.29, 0.717) is 41.6 Å². The first kappa shape index (κ1) is 27.2. The van der Waals surface area contributed by atoms with E-state index in [1.54, 1.807) is 30.3 Å². The molecule has 1 aromatic heterocycles. The number of benzene rings is 3. The van der Waals surface area contributed by atoms with Crippen LogP contribution in [0.1, 0.15) is 29.5 Å². The molecule has 0 spiro atoms. The first-order valence-corrected chi connectivity index (χ1v) is 13.2. The highest BCUT2D eigenvalue weighted by molar-refractivity contribution is 6.30. The minimum atomic E-state index is -0.660. The number of fused-ring (bicyclic) bond motifs is 1. The van der Waals surface area contributed by atoms with E-state index >= 15 is 0 Å². The lowest BCUT2D eigenvalue weighted by atomic mass is 10.1. The molecular weight excluding hydrogens is 537 g/mol. The highest BCUT2D eigenvalue weighted by atomic mass is 35.5. The highest BCUT2D eigenvalue weighted by Gasteiger charge is 2.34. The van der Waals surface area contributed by atoms with Crippen LogP contribution >= 0.6 is 11.6 Å². The molecule has 0 unspecified atom stereocenters. The molecule has 206 valence electrons. The Morgan fingerprint density at radius 1 is 1.05 bits per heavy atom. The number of amides is 3. The van der Waals surface area contributed by atoms with Crippen LogP contribution < -0.4 is 10.6 Å². The molecule has 0 saturated carbocycles. The number of hydrogen-bond acceptors (Lipinski definition) is 5. The molecule has 2 heterocycles. The Morgan fingerprint density at radius 2 is 1.88 bits per heavy atom. The van der Waals surface area contributed by atoms with Crippen LogP contribution in [0.15, 0.2) is 77.4 Å². The summed E-state index contributed by atoms with van der Waals surface area (Å²) >= 11 is 5.83. The number of hydrogen-bond donors (Lipinski definition) is 2. The smallest absolute Gasteiger partial charge is 0.411 e. The zero-order valence-electron chi connectivity index (χ0n) is 21.5. The average molecular weight is 564 g/mol. The van der Waals surface area contributed by atoms with Gasteiger partial charge in [0, 0.05) is 24.0 Å². The fourth-order valence-corrected chi connectivity index (χ4v) is 5.00. The van der Waals surface area contributed by atoms with E-state index in [0.717, 1.165) is 5.56 Å². The van der Waals surface area contributed by atoms with Crippen molar-refractivity contribution in [2.24, 2.45) is 0 Å². The van der Waals surface area contributed by atoms with Crippen LogP contribution in [0.5, 0.6) is 0 Å². The van der Waals surface area contributed by atoms with Gasteiger partial charge >= 0.3 is 6.09 Å². The third kappa shape index (κ3) is 6.26. The van der Waals surface area contributed by atoms with Gasteiger partial charge in [-0.15, -0.1) is 0 Å². The number of ether oxygens (including phenoxy) is 1. The van der Waals surface area contributed by atoms with Crippen LogP contribution in [0.25, 0.3) is 11.0 Å². The quantitative estimate of drug-likeness (QED) is 0.281. The molecule has 0 bridgehead atoms. The topological polar surface area (TPSA) is 101 Å².